The van der Waals surface area contributed by atoms with Gasteiger partial charge in [-0.1, -0.05) is 6.42 Å². The summed E-state index contributed by atoms with van der Waals surface area (Å²) in [6, 6.07) is 6.61. The minimum absolute atomic E-state index is 0.199. The summed E-state index contributed by atoms with van der Waals surface area (Å²) in [4.78, 5) is 0. The van der Waals surface area contributed by atoms with Crippen molar-refractivity contribution in [3.05, 3.63) is 35.1 Å². The summed E-state index contributed by atoms with van der Waals surface area (Å²) in [5.74, 6) is -0.0787. The highest BCUT2D eigenvalue weighted by molar-refractivity contribution is 5.33. The van der Waals surface area contributed by atoms with Gasteiger partial charge in [-0.2, -0.15) is 5.26 Å². The zero-order valence-electron chi connectivity index (χ0n) is 10.2. The third kappa shape index (κ3) is 3.06. The Morgan fingerprint density at radius 2 is 2.22 bits per heavy atom. The Balaban J connectivity index is 1.98. The van der Waals surface area contributed by atoms with Crippen molar-refractivity contribution in [2.24, 2.45) is 5.92 Å². The summed E-state index contributed by atoms with van der Waals surface area (Å²) in [6.07, 6.45) is 3.21. The lowest BCUT2D eigenvalue weighted by Gasteiger charge is -2.19. The second-order valence-corrected chi connectivity index (χ2v) is 4.82. The van der Waals surface area contributed by atoms with E-state index in [9.17, 15) is 9.50 Å². The van der Waals surface area contributed by atoms with Crippen molar-refractivity contribution in [2.45, 2.75) is 31.8 Å². The first kappa shape index (κ1) is 13.0. The Morgan fingerprint density at radius 1 is 1.39 bits per heavy atom. The van der Waals surface area contributed by atoms with Crippen LogP contribution in [0.4, 0.5) is 4.39 Å². The van der Waals surface area contributed by atoms with Crippen LogP contribution in [0.1, 0.15) is 30.4 Å². The number of hydrogen-bond acceptors (Lipinski definition) is 3. The predicted octanol–water partition coefficient (Wildman–Crippen LogP) is 1.95. The Morgan fingerprint density at radius 3 is 2.94 bits per heavy atom. The third-order valence-electron chi connectivity index (χ3n) is 3.55. The Kier molecular flexibility index (Phi) is 4.29. The lowest BCUT2D eigenvalue weighted by Crippen LogP contribution is -2.33. The van der Waals surface area contributed by atoms with E-state index in [2.05, 4.69) is 5.32 Å². The van der Waals surface area contributed by atoms with E-state index < -0.39 is 0 Å². The highest BCUT2D eigenvalue weighted by atomic mass is 19.1. The number of nitrogens with one attached hydrogen (secondary N) is 1. The third-order valence-corrected chi connectivity index (χ3v) is 3.55. The first-order valence-electron chi connectivity index (χ1n) is 6.26. The molecule has 2 unspecified atom stereocenters. The molecule has 0 bridgehead atoms. The van der Waals surface area contributed by atoms with E-state index in [0.29, 0.717) is 24.1 Å². The lowest BCUT2D eigenvalue weighted by atomic mass is 10.0. The minimum atomic E-state index is -0.379. The van der Waals surface area contributed by atoms with E-state index in [-0.39, 0.29) is 12.4 Å². The van der Waals surface area contributed by atoms with Gasteiger partial charge in [0.05, 0.1) is 11.6 Å². The molecule has 2 atom stereocenters. The van der Waals surface area contributed by atoms with Crippen LogP contribution in [0.2, 0.25) is 0 Å². The molecule has 0 heterocycles. The van der Waals surface area contributed by atoms with Crippen molar-refractivity contribution in [1.82, 2.24) is 5.32 Å². The quantitative estimate of drug-likeness (QED) is 0.856. The summed E-state index contributed by atoms with van der Waals surface area (Å²) in [5, 5.41) is 21.3. The van der Waals surface area contributed by atoms with Gasteiger partial charge in [0.25, 0.3) is 0 Å². The van der Waals surface area contributed by atoms with Gasteiger partial charge in [-0.25, -0.2) is 4.39 Å². The summed E-state index contributed by atoms with van der Waals surface area (Å²) in [5.41, 5.74) is 1.12. The second kappa shape index (κ2) is 5.94. The normalized spacial score (nSPS) is 22.9. The molecule has 1 aliphatic rings. The highest BCUT2D eigenvalue weighted by Gasteiger charge is 2.25. The molecule has 4 heteroatoms. The van der Waals surface area contributed by atoms with Gasteiger partial charge >= 0.3 is 0 Å². The van der Waals surface area contributed by atoms with Gasteiger partial charge in [0.1, 0.15) is 5.82 Å². The van der Waals surface area contributed by atoms with E-state index in [1.54, 1.807) is 6.07 Å². The number of hydrogen-bond donors (Lipinski definition) is 2. The summed E-state index contributed by atoms with van der Waals surface area (Å²) >= 11 is 0. The van der Waals surface area contributed by atoms with E-state index >= 15 is 0 Å². The number of halogens is 1. The van der Waals surface area contributed by atoms with Gasteiger partial charge in [-0.05, 0) is 42.5 Å². The molecule has 0 aromatic heterocycles. The number of aliphatic hydroxyl groups is 1. The van der Waals surface area contributed by atoms with Crippen molar-refractivity contribution < 1.29 is 9.50 Å². The number of aliphatic hydroxyl groups excluding tert-OH is 1. The molecule has 0 spiro atoms. The monoisotopic (exact) mass is 248 g/mol. The van der Waals surface area contributed by atoms with Gasteiger partial charge in [0.2, 0.25) is 0 Å². The van der Waals surface area contributed by atoms with Crippen LogP contribution in [-0.2, 0) is 6.54 Å². The van der Waals surface area contributed by atoms with Crippen LogP contribution < -0.4 is 5.32 Å². The summed E-state index contributed by atoms with van der Waals surface area (Å²) in [7, 11) is 0. The number of rotatable bonds is 4. The second-order valence-electron chi connectivity index (χ2n) is 4.82. The minimum Gasteiger partial charge on any atom is -0.396 e. The lowest BCUT2D eigenvalue weighted by molar-refractivity contribution is 0.205. The molecule has 2 N–H and O–H groups in total. The van der Waals surface area contributed by atoms with Crippen LogP contribution in [0, 0.1) is 23.1 Å². The molecule has 1 fully saturated rings. The molecule has 1 aliphatic carbocycles. The van der Waals surface area contributed by atoms with E-state index in [1.165, 1.54) is 12.1 Å². The molecule has 3 nitrogen and oxygen atoms in total. The standard InChI is InChI=1S/C14H17FN2O/c15-13-5-10(7-16)4-11(6-13)8-17-14-3-1-2-12(14)9-18/h4-6,12,14,17-18H,1-3,8-9H2. The number of nitrogens with zero attached hydrogens (tertiary/aromatic N) is 1. The highest BCUT2D eigenvalue weighted by Crippen LogP contribution is 2.25. The van der Waals surface area contributed by atoms with Crippen LogP contribution in [-0.4, -0.2) is 17.8 Å². The zero-order valence-corrected chi connectivity index (χ0v) is 10.2. The van der Waals surface area contributed by atoms with Crippen LogP contribution in [0.15, 0.2) is 18.2 Å². The fourth-order valence-corrected chi connectivity index (χ4v) is 2.59. The average Bonchev–Trinajstić information content (AvgIpc) is 2.83. The summed E-state index contributed by atoms with van der Waals surface area (Å²) < 4.78 is 13.2. The maximum Gasteiger partial charge on any atom is 0.124 e. The summed E-state index contributed by atoms with van der Waals surface area (Å²) in [6.45, 7) is 0.734. The molecule has 0 amide bonds. The molecule has 0 saturated heterocycles. The molecule has 2 rings (SSSR count). The van der Waals surface area contributed by atoms with Crippen molar-refractivity contribution >= 4 is 0 Å². The smallest absolute Gasteiger partial charge is 0.124 e. The van der Waals surface area contributed by atoms with E-state index in [1.807, 2.05) is 6.07 Å². The van der Waals surface area contributed by atoms with Crippen molar-refractivity contribution in [3.8, 4) is 6.07 Å². The van der Waals surface area contributed by atoms with Crippen LogP contribution in [0.3, 0.4) is 0 Å². The van der Waals surface area contributed by atoms with Crippen molar-refractivity contribution in [1.29, 1.82) is 5.26 Å². The van der Waals surface area contributed by atoms with Crippen LogP contribution in [0.25, 0.3) is 0 Å². The van der Waals surface area contributed by atoms with Gasteiger partial charge < -0.3 is 10.4 Å². The largest absolute Gasteiger partial charge is 0.396 e. The SMILES string of the molecule is N#Cc1cc(F)cc(CNC2CCCC2CO)c1. The van der Waals surface area contributed by atoms with Gasteiger partial charge in [-0.3, -0.25) is 0 Å². The predicted molar refractivity (Wildman–Crippen MR) is 66.2 cm³/mol. The van der Waals surface area contributed by atoms with Crippen LogP contribution in [0.5, 0.6) is 0 Å². The molecule has 0 aliphatic heterocycles. The first-order valence-corrected chi connectivity index (χ1v) is 6.26. The Bertz CT molecular complexity index is 456. The topological polar surface area (TPSA) is 56.0 Å². The van der Waals surface area contributed by atoms with Crippen molar-refractivity contribution in [2.75, 3.05) is 6.61 Å². The van der Waals surface area contributed by atoms with Gasteiger partial charge in [-0.15, -0.1) is 0 Å². The molecule has 1 aromatic carbocycles. The molecule has 18 heavy (non-hydrogen) atoms. The fourth-order valence-electron chi connectivity index (χ4n) is 2.59. The first-order chi connectivity index (χ1) is 8.72. The van der Waals surface area contributed by atoms with E-state index in [0.717, 1.165) is 24.8 Å². The number of nitriles is 1. The molecule has 1 aromatic rings. The van der Waals surface area contributed by atoms with Gasteiger partial charge in [0.15, 0.2) is 0 Å². The fraction of sp³-hybridized carbons (Fsp3) is 0.500. The Labute approximate surface area is 106 Å². The maximum atomic E-state index is 13.2. The molecule has 0 radical (unpaired) electrons. The molecular formula is C14H17FN2O. The zero-order chi connectivity index (χ0) is 13.0. The molecule has 96 valence electrons. The average molecular weight is 248 g/mol. The molecule has 1 saturated carbocycles. The van der Waals surface area contributed by atoms with Gasteiger partial charge in [0, 0.05) is 19.2 Å². The Hall–Kier alpha value is -1.44. The maximum absolute atomic E-state index is 13.2. The van der Waals surface area contributed by atoms with Crippen molar-refractivity contribution in [3.63, 3.8) is 0 Å². The molecular weight excluding hydrogens is 231 g/mol. The number of benzene rings is 1. The van der Waals surface area contributed by atoms with E-state index in [4.69, 9.17) is 5.26 Å². The van der Waals surface area contributed by atoms with Crippen LogP contribution >= 0.6 is 0 Å².